The summed E-state index contributed by atoms with van der Waals surface area (Å²) in [5.41, 5.74) is 3.55. The normalized spacial score (nSPS) is 17.8. The summed E-state index contributed by atoms with van der Waals surface area (Å²) in [5, 5.41) is 0. The Morgan fingerprint density at radius 2 is 1.03 bits per heavy atom. The van der Waals surface area contributed by atoms with E-state index in [0.717, 1.165) is 0 Å². The highest BCUT2D eigenvalue weighted by Crippen LogP contribution is 2.36. The van der Waals surface area contributed by atoms with Gasteiger partial charge in [0.05, 0.1) is 11.2 Å². The third kappa shape index (κ3) is 7.44. The topological polar surface area (TPSA) is 18.5 Å². The Labute approximate surface area is 181 Å². The van der Waals surface area contributed by atoms with E-state index in [1.54, 1.807) is 0 Å². The monoisotopic (exact) mass is 400 g/mol. The number of benzene rings is 1. The average molecular weight is 400 g/mol. The van der Waals surface area contributed by atoms with Gasteiger partial charge < -0.3 is 9.31 Å². The van der Waals surface area contributed by atoms with Gasteiger partial charge in [0.2, 0.25) is 0 Å². The van der Waals surface area contributed by atoms with Crippen molar-refractivity contribution in [3.05, 3.63) is 29.3 Å². The summed E-state index contributed by atoms with van der Waals surface area (Å²) in [6.45, 7) is 13.1. The summed E-state index contributed by atoms with van der Waals surface area (Å²) < 4.78 is 12.7. The van der Waals surface area contributed by atoms with Crippen molar-refractivity contribution >= 4 is 12.6 Å². The lowest BCUT2D eigenvalue weighted by molar-refractivity contribution is 0.00578. The second-order valence-corrected chi connectivity index (χ2v) is 10.00. The van der Waals surface area contributed by atoms with Crippen LogP contribution >= 0.6 is 0 Å². The van der Waals surface area contributed by atoms with Gasteiger partial charge in [0.25, 0.3) is 0 Å². The van der Waals surface area contributed by atoms with Crippen molar-refractivity contribution in [2.24, 2.45) is 0 Å². The molecule has 1 fully saturated rings. The van der Waals surface area contributed by atoms with E-state index in [-0.39, 0.29) is 18.3 Å². The van der Waals surface area contributed by atoms with Crippen LogP contribution in [0.2, 0.25) is 0 Å². The van der Waals surface area contributed by atoms with Gasteiger partial charge in [0, 0.05) is 0 Å². The molecular formula is C26H45BO2. The molecule has 0 spiro atoms. The molecule has 1 aromatic rings. The molecule has 1 saturated heterocycles. The van der Waals surface area contributed by atoms with E-state index in [1.165, 1.54) is 93.6 Å². The van der Waals surface area contributed by atoms with Gasteiger partial charge in [0.15, 0.2) is 0 Å². The fourth-order valence-corrected chi connectivity index (χ4v) is 4.06. The zero-order chi connectivity index (χ0) is 21.3. The predicted octanol–water partition coefficient (Wildman–Crippen LogP) is 7.01. The summed E-state index contributed by atoms with van der Waals surface area (Å²) in [5.74, 6) is 0. The summed E-state index contributed by atoms with van der Waals surface area (Å²) in [7, 11) is -0.251. The van der Waals surface area contributed by atoms with Crippen LogP contribution in [0.5, 0.6) is 0 Å². The van der Waals surface area contributed by atoms with E-state index >= 15 is 0 Å². The molecule has 0 unspecified atom stereocenters. The van der Waals surface area contributed by atoms with Crippen molar-refractivity contribution in [3.63, 3.8) is 0 Å². The summed E-state index contributed by atoms with van der Waals surface area (Å²) >= 11 is 0. The molecule has 1 heterocycles. The molecule has 1 aliphatic heterocycles. The van der Waals surface area contributed by atoms with Gasteiger partial charge in [-0.3, -0.25) is 0 Å². The molecule has 2 nitrogen and oxygen atoms in total. The summed E-state index contributed by atoms with van der Waals surface area (Å²) in [4.78, 5) is 0. The van der Waals surface area contributed by atoms with Crippen molar-refractivity contribution in [2.45, 2.75) is 130 Å². The molecule has 0 N–H and O–H groups in total. The van der Waals surface area contributed by atoms with Crippen LogP contribution in [0.25, 0.3) is 0 Å². The predicted molar refractivity (Wildman–Crippen MR) is 127 cm³/mol. The number of hydrogen-bond donors (Lipinski definition) is 0. The Balaban J connectivity index is 2.07. The molecule has 29 heavy (non-hydrogen) atoms. The minimum Gasteiger partial charge on any atom is -0.399 e. The van der Waals surface area contributed by atoms with Gasteiger partial charge in [-0.05, 0) is 70.0 Å². The van der Waals surface area contributed by atoms with E-state index < -0.39 is 0 Å². The van der Waals surface area contributed by atoms with Crippen molar-refractivity contribution in [1.82, 2.24) is 0 Å². The van der Waals surface area contributed by atoms with Crippen LogP contribution in [0.3, 0.4) is 0 Å². The lowest BCUT2D eigenvalue weighted by atomic mass is 9.76. The first-order valence-corrected chi connectivity index (χ1v) is 12.3. The third-order valence-electron chi connectivity index (χ3n) is 6.74. The summed E-state index contributed by atoms with van der Waals surface area (Å²) in [6, 6.07) is 7.11. The quantitative estimate of drug-likeness (QED) is 0.262. The molecule has 0 atom stereocenters. The average Bonchev–Trinajstić information content (AvgIpc) is 2.89. The molecule has 1 aromatic carbocycles. The molecule has 0 bridgehead atoms. The highest BCUT2D eigenvalue weighted by Gasteiger charge is 2.51. The fourth-order valence-electron chi connectivity index (χ4n) is 4.06. The molecule has 3 heteroatoms. The fraction of sp³-hybridized carbons (Fsp3) is 0.769. The van der Waals surface area contributed by atoms with Crippen molar-refractivity contribution in [1.29, 1.82) is 0 Å². The van der Waals surface area contributed by atoms with E-state index in [2.05, 4.69) is 59.7 Å². The number of aryl methyl sites for hydroxylation is 2. The second kappa shape index (κ2) is 11.6. The smallest absolute Gasteiger partial charge is 0.399 e. The van der Waals surface area contributed by atoms with E-state index in [0.29, 0.717) is 0 Å². The molecule has 0 aliphatic carbocycles. The maximum absolute atomic E-state index is 6.35. The Morgan fingerprint density at radius 3 is 1.45 bits per heavy atom. The highest BCUT2D eigenvalue weighted by atomic mass is 16.7. The van der Waals surface area contributed by atoms with Crippen LogP contribution in [0.4, 0.5) is 0 Å². The van der Waals surface area contributed by atoms with Gasteiger partial charge in [-0.1, -0.05) is 83.4 Å². The Morgan fingerprint density at radius 1 is 0.621 bits per heavy atom. The molecule has 0 aromatic heterocycles. The first-order chi connectivity index (χ1) is 13.8. The van der Waals surface area contributed by atoms with E-state index in [1.807, 2.05) is 0 Å². The van der Waals surface area contributed by atoms with Gasteiger partial charge in [0.1, 0.15) is 0 Å². The van der Waals surface area contributed by atoms with Crippen molar-refractivity contribution < 1.29 is 9.31 Å². The SMILES string of the molecule is CCCCCCCc1cc(CCCCCCC)cc(B2OC(C)(C)C(C)(C)O2)c1. The van der Waals surface area contributed by atoms with Gasteiger partial charge in [-0.2, -0.15) is 0 Å². The maximum Gasteiger partial charge on any atom is 0.494 e. The van der Waals surface area contributed by atoms with Crippen LogP contribution in [-0.4, -0.2) is 18.3 Å². The number of rotatable bonds is 13. The maximum atomic E-state index is 6.35. The first-order valence-electron chi connectivity index (χ1n) is 12.3. The largest absolute Gasteiger partial charge is 0.494 e. The molecule has 0 amide bonds. The molecular weight excluding hydrogens is 355 g/mol. The van der Waals surface area contributed by atoms with Crippen molar-refractivity contribution in [3.8, 4) is 0 Å². The van der Waals surface area contributed by atoms with Crippen LogP contribution in [0.1, 0.15) is 117 Å². The summed E-state index contributed by atoms with van der Waals surface area (Å²) in [6.07, 6.45) is 15.6. The van der Waals surface area contributed by atoms with Gasteiger partial charge >= 0.3 is 7.12 Å². The van der Waals surface area contributed by atoms with E-state index in [4.69, 9.17) is 9.31 Å². The third-order valence-corrected chi connectivity index (χ3v) is 6.74. The lowest BCUT2D eigenvalue weighted by Crippen LogP contribution is -2.41. The van der Waals surface area contributed by atoms with Crippen LogP contribution < -0.4 is 5.46 Å². The van der Waals surface area contributed by atoms with Gasteiger partial charge in [-0.15, -0.1) is 0 Å². The Hall–Kier alpha value is -0.795. The second-order valence-electron chi connectivity index (χ2n) is 10.00. The minimum atomic E-state index is -0.284. The number of unbranched alkanes of at least 4 members (excludes halogenated alkanes) is 8. The number of hydrogen-bond acceptors (Lipinski definition) is 2. The molecule has 1 aliphatic rings. The lowest BCUT2D eigenvalue weighted by Gasteiger charge is -2.32. The molecule has 2 rings (SSSR count). The van der Waals surface area contributed by atoms with Crippen molar-refractivity contribution in [2.75, 3.05) is 0 Å². The molecule has 164 valence electrons. The Bertz CT molecular complexity index is 560. The first kappa shape index (κ1) is 24.5. The van der Waals surface area contributed by atoms with Crippen LogP contribution in [0, 0.1) is 0 Å². The highest BCUT2D eigenvalue weighted by molar-refractivity contribution is 6.62. The molecule has 0 radical (unpaired) electrons. The standard InChI is InChI=1S/C26H45BO2/c1-7-9-11-13-15-17-22-19-23(18-16-14-12-10-8-2)21-24(20-22)27-28-25(3,4)26(5,6)29-27/h19-21H,7-18H2,1-6H3. The van der Waals surface area contributed by atoms with Gasteiger partial charge in [-0.25, -0.2) is 0 Å². The Kier molecular flexibility index (Phi) is 9.75. The zero-order valence-electron chi connectivity index (χ0n) is 20.1. The van der Waals surface area contributed by atoms with E-state index in [9.17, 15) is 0 Å². The molecule has 0 saturated carbocycles. The zero-order valence-corrected chi connectivity index (χ0v) is 20.1. The van der Waals surface area contributed by atoms with Crippen LogP contribution in [0.15, 0.2) is 18.2 Å². The minimum absolute atomic E-state index is 0.251. The van der Waals surface area contributed by atoms with Crippen LogP contribution in [-0.2, 0) is 22.2 Å².